The van der Waals surface area contributed by atoms with Crippen molar-refractivity contribution in [1.82, 2.24) is 9.78 Å². The first-order valence-electron chi connectivity index (χ1n) is 12.3. The standard InChI is InChI=1S/C33H26N2O2/c1-22-30(33(37)35(34-22)27-13-6-3-7-14-27)31(32-28-15-9-8-12-25(28)20-21-29(32)36)26-18-16-24(17-19-26)23-10-4-2-5-11-23/h2-21,31,34,36H,1H3. The lowest BCUT2D eigenvalue weighted by Gasteiger charge is -2.21. The Morgan fingerprint density at radius 3 is 2.03 bits per heavy atom. The number of aryl methyl sites for hydroxylation is 1. The predicted molar refractivity (Wildman–Crippen MR) is 150 cm³/mol. The van der Waals surface area contributed by atoms with Gasteiger partial charge in [0.1, 0.15) is 5.75 Å². The maximum atomic E-state index is 14.0. The van der Waals surface area contributed by atoms with Crippen LogP contribution in [0.25, 0.3) is 27.6 Å². The fraction of sp³-hybridized carbons (Fsp3) is 0.0606. The van der Waals surface area contributed by atoms with Crippen LogP contribution in [0.1, 0.15) is 28.3 Å². The zero-order chi connectivity index (χ0) is 25.4. The molecule has 0 bridgehead atoms. The van der Waals surface area contributed by atoms with Crippen LogP contribution < -0.4 is 5.56 Å². The fourth-order valence-electron chi connectivity index (χ4n) is 5.22. The molecule has 0 aliphatic carbocycles. The average molecular weight is 483 g/mol. The van der Waals surface area contributed by atoms with Crippen molar-refractivity contribution in [3.05, 3.63) is 154 Å². The second-order valence-corrected chi connectivity index (χ2v) is 9.27. The Morgan fingerprint density at radius 2 is 1.30 bits per heavy atom. The van der Waals surface area contributed by atoms with E-state index >= 15 is 0 Å². The van der Waals surface area contributed by atoms with Gasteiger partial charge in [-0.1, -0.05) is 103 Å². The third-order valence-corrected chi connectivity index (χ3v) is 7.01. The van der Waals surface area contributed by atoms with Gasteiger partial charge in [0, 0.05) is 17.2 Å². The Kier molecular flexibility index (Phi) is 5.70. The largest absolute Gasteiger partial charge is 0.508 e. The quantitative estimate of drug-likeness (QED) is 0.273. The van der Waals surface area contributed by atoms with Gasteiger partial charge in [0.2, 0.25) is 0 Å². The van der Waals surface area contributed by atoms with Crippen molar-refractivity contribution >= 4 is 10.8 Å². The van der Waals surface area contributed by atoms with Crippen molar-refractivity contribution in [1.29, 1.82) is 0 Å². The molecule has 1 unspecified atom stereocenters. The second-order valence-electron chi connectivity index (χ2n) is 9.27. The fourth-order valence-corrected chi connectivity index (χ4v) is 5.22. The highest BCUT2D eigenvalue weighted by Crippen LogP contribution is 2.41. The molecule has 4 heteroatoms. The third kappa shape index (κ3) is 4.03. The molecule has 6 rings (SSSR count). The van der Waals surface area contributed by atoms with Gasteiger partial charge in [-0.2, -0.15) is 0 Å². The molecule has 1 aromatic heterocycles. The number of para-hydroxylation sites is 1. The number of rotatable bonds is 5. The van der Waals surface area contributed by atoms with Crippen LogP contribution in [-0.4, -0.2) is 14.9 Å². The van der Waals surface area contributed by atoms with Gasteiger partial charge in [0.15, 0.2) is 0 Å². The molecule has 180 valence electrons. The van der Waals surface area contributed by atoms with E-state index in [0.29, 0.717) is 5.56 Å². The summed E-state index contributed by atoms with van der Waals surface area (Å²) in [5.41, 5.74) is 5.90. The topological polar surface area (TPSA) is 58.0 Å². The van der Waals surface area contributed by atoms with E-state index in [1.165, 1.54) is 0 Å². The van der Waals surface area contributed by atoms with Gasteiger partial charge in [-0.25, -0.2) is 4.68 Å². The molecule has 1 heterocycles. The number of nitrogens with one attached hydrogen (secondary N) is 1. The minimum atomic E-state index is -0.468. The third-order valence-electron chi connectivity index (χ3n) is 7.01. The second kappa shape index (κ2) is 9.32. The number of hydrogen-bond donors (Lipinski definition) is 2. The van der Waals surface area contributed by atoms with E-state index in [2.05, 4.69) is 41.5 Å². The number of hydrogen-bond acceptors (Lipinski definition) is 2. The van der Waals surface area contributed by atoms with Crippen LogP contribution in [0.15, 0.2) is 126 Å². The van der Waals surface area contributed by atoms with Crippen LogP contribution in [0.3, 0.4) is 0 Å². The van der Waals surface area contributed by atoms with E-state index in [-0.39, 0.29) is 11.3 Å². The number of aromatic nitrogens is 2. The smallest absolute Gasteiger partial charge is 0.275 e. The summed E-state index contributed by atoms with van der Waals surface area (Å²) in [6.45, 7) is 1.92. The molecule has 1 atom stereocenters. The number of phenols is 1. The summed E-state index contributed by atoms with van der Waals surface area (Å²) in [6, 6.07) is 39.7. The van der Waals surface area contributed by atoms with E-state index in [0.717, 1.165) is 44.4 Å². The molecule has 0 aliphatic heterocycles. The molecule has 0 amide bonds. The summed E-state index contributed by atoms with van der Waals surface area (Å²) in [7, 11) is 0. The van der Waals surface area contributed by atoms with Gasteiger partial charge in [-0.15, -0.1) is 0 Å². The molecule has 0 fully saturated rings. The summed E-state index contributed by atoms with van der Waals surface area (Å²) in [6.07, 6.45) is 0. The maximum absolute atomic E-state index is 14.0. The molecule has 0 saturated carbocycles. The van der Waals surface area contributed by atoms with Crippen LogP contribution in [-0.2, 0) is 0 Å². The number of benzene rings is 5. The molecule has 0 spiro atoms. The van der Waals surface area contributed by atoms with Crippen LogP contribution in [0.5, 0.6) is 5.75 Å². The SMILES string of the molecule is Cc1[nH]n(-c2ccccc2)c(=O)c1C(c1ccc(-c2ccccc2)cc1)c1c(O)ccc2ccccc12. The summed E-state index contributed by atoms with van der Waals surface area (Å²) in [4.78, 5) is 14.0. The molecule has 5 aromatic carbocycles. The van der Waals surface area contributed by atoms with E-state index in [4.69, 9.17) is 0 Å². The van der Waals surface area contributed by atoms with Crippen molar-refractivity contribution < 1.29 is 5.11 Å². The zero-order valence-corrected chi connectivity index (χ0v) is 20.4. The zero-order valence-electron chi connectivity index (χ0n) is 20.4. The molecule has 2 N–H and O–H groups in total. The lowest BCUT2D eigenvalue weighted by Crippen LogP contribution is -2.21. The monoisotopic (exact) mass is 482 g/mol. The van der Waals surface area contributed by atoms with Crippen LogP contribution in [0.2, 0.25) is 0 Å². The number of aromatic amines is 1. The van der Waals surface area contributed by atoms with Gasteiger partial charge in [0.25, 0.3) is 5.56 Å². The highest BCUT2D eigenvalue weighted by molar-refractivity contribution is 5.89. The van der Waals surface area contributed by atoms with E-state index in [9.17, 15) is 9.90 Å². The summed E-state index contributed by atoms with van der Waals surface area (Å²) in [5, 5.41) is 16.4. The first-order chi connectivity index (χ1) is 18.1. The minimum Gasteiger partial charge on any atom is -0.508 e. The number of nitrogens with zero attached hydrogens (tertiary/aromatic N) is 1. The summed E-state index contributed by atoms with van der Waals surface area (Å²) >= 11 is 0. The number of fused-ring (bicyclic) bond motifs is 1. The molecule has 0 aliphatic rings. The Balaban J connectivity index is 1.60. The highest BCUT2D eigenvalue weighted by atomic mass is 16.3. The molecular formula is C33H26N2O2. The highest BCUT2D eigenvalue weighted by Gasteiger charge is 2.29. The first-order valence-corrected chi connectivity index (χ1v) is 12.3. The van der Waals surface area contributed by atoms with Gasteiger partial charge in [-0.05, 0) is 52.6 Å². The molecule has 6 aromatic rings. The van der Waals surface area contributed by atoms with E-state index in [1.807, 2.05) is 85.8 Å². The molecule has 4 nitrogen and oxygen atoms in total. The number of phenolic OH excluding ortho intramolecular Hbond substituents is 1. The number of H-pyrrole nitrogens is 1. The van der Waals surface area contributed by atoms with Crippen molar-refractivity contribution in [3.8, 4) is 22.6 Å². The average Bonchev–Trinajstić information content (AvgIpc) is 3.25. The van der Waals surface area contributed by atoms with Gasteiger partial charge in [-0.3, -0.25) is 9.89 Å². The predicted octanol–water partition coefficient (Wildman–Crippen LogP) is 7.18. The molecular weight excluding hydrogens is 456 g/mol. The lowest BCUT2D eigenvalue weighted by molar-refractivity contribution is 0.468. The normalized spacial score (nSPS) is 12.0. The van der Waals surface area contributed by atoms with Crippen molar-refractivity contribution in [2.45, 2.75) is 12.8 Å². The van der Waals surface area contributed by atoms with Gasteiger partial charge >= 0.3 is 0 Å². The summed E-state index contributed by atoms with van der Waals surface area (Å²) < 4.78 is 1.58. The maximum Gasteiger partial charge on any atom is 0.275 e. The Labute approximate surface area is 215 Å². The molecule has 0 saturated heterocycles. The Bertz CT molecular complexity index is 1750. The van der Waals surface area contributed by atoms with Gasteiger partial charge < -0.3 is 5.11 Å². The van der Waals surface area contributed by atoms with Crippen LogP contribution >= 0.6 is 0 Å². The van der Waals surface area contributed by atoms with Crippen LogP contribution in [0, 0.1) is 6.92 Å². The Hall–Kier alpha value is -4.83. The lowest BCUT2D eigenvalue weighted by atomic mass is 9.82. The van der Waals surface area contributed by atoms with Gasteiger partial charge in [0.05, 0.1) is 11.3 Å². The van der Waals surface area contributed by atoms with Crippen molar-refractivity contribution in [2.24, 2.45) is 0 Å². The number of aromatic hydroxyl groups is 1. The minimum absolute atomic E-state index is 0.131. The molecule has 37 heavy (non-hydrogen) atoms. The van der Waals surface area contributed by atoms with E-state index < -0.39 is 5.92 Å². The first kappa shape index (κ1) is 22.6. The molecule has 0 radical (unpaired) electrons. The van der Waals surface area contributed by atoms with Crippen LogP contribution in [0.4, 0.5) is 0 Å². The van der Waals surface area contributed by atoms with E-state index in [1.54, 1.807) is 10.7 Å². The summed E-state index contributed by atoms with van der Waals surface area (Å²) in [5.74, 6) is -0.299. The van der Waals surface area contributed by atoms with Crippen molar-refractivity contribution in [2.75, 3.05) is 0 Å². The Morgan fingerprint density at radius 1 is 0.676 bits per heavy atom. The van der Waals surface area contributed by atoms with Crippen molar-refractivity contribution in [3.63, 3.8) is 0 Å².